The van der Waals surface area contributed by atoms with Gasteiger partial charge >= 0.3 is 5.97 Å². The lowest BCUT2D eigenvalue weighted by Crippen LogP contribution is -2.40. The Balaban J connectivity index is 1.91. The van der Waals surface area contributed by atoms with Crippen molar-refractivity contribution in [2.24, 2.45) is 4.99 Å². The number of hydrogen-bond donors (Lipinski definition) is 0. The van der Waals surface area contributed by atoms with Crippen molar-refractivity contribution >= 4 is 35.0 Å². The number of nitrogens with zero attached hydrogens (tertiary/aromatic N) is 2. The highest BCUT2D eigenvalue weighted by molar-refractivity contribution is 7.07. The Morgan fingerprint density at radius 1 is 1.18 bits per heavy atom. The summed E-state index contributed by atoms with van der Waals surface area (Å²) in [6.07, 6.45) is 1.39. The maximum Gasteiger partial charge on any atom is 0.338 e. The fourth-order valence-corrected chi connectivity index (χ4v) is 5.60. The number of methoxy groups -OCH3 is 2. The molecule has 0 fully saturated rings. The second kappa shape index (κ2) is 11.4. The van der Waals surface area contributed by atoms with Crippen molar-refractivity contribution in [2.75, 3.05) is 20.8 Å². The molecule has 1 aromatic heterocycles. The van der Waals surface area contributed by atoms with Crippen LogP contribution in [0.3, 0.4) is 0 Å². The summed E-state index contributed by atoms with van der Waals surface area (Å²) in [5.41, 5.74) is 1.92. The van der Waals surface area contributed by atoms with Gasteiger partial charge in [-0.15, -0.1) is 0 Å². The van der Waals surface area contributed by atoms with Crippen LogP contribution in [0.4, 0.5) is 0 Å². The van der Waals surface area contributed by atoms with E-state index in [9.17, 15) is 9.59 Å². The number of esters is 1. The Morgan fingerprint density at radius 3 is 2.50 bits per heavy atom. The number of benzene rings is 2. The van der Waals surface area contributed by atoms with E-state index in [2.05, 4.69) is 4.99 Å². The van der Waals surface area contributed by atoms with Gasteiger partial charge in [0.15, 0.2) is 16.3 Å². The highest BCUT2D eigenvalue weighted by atomic mass is 35.5. The van der Waals surface area contributed by atoms with Crippen molar-refractivity contribution in [2.45, 2.75) is 39.8 Å². The molecule has 8 nitrogen and oxygen atoms in total. The van der Waals surface area contributed by atoms with Crippen LogP contribution in [0.25, 0.3) is 6.08 Å². The summed E-state index contributed by atoms with van der Waals surface area (Å²) in [7, 11) is 3.02. The van der Waals surface area contributed by atoms with E-state index in [4.69, 9.17) is 30.5 Å². The van der Waals surface area contributed by atoms with Crippen LogP contribution in [0.1, 0.15) is 44.9 Å². The van der Waals surface area contributed by atoms with E-state index in [-0.39, 0.29) is 11.7 Å². The molecule has 2 aromatic carbocycles. The lowest BCUT2D eigenvalue weighted by molar-refractivity contribution is -0.143. The van der Waals surface area contributed by atoms with Crippen LogP contribution in [0.15, 0.2) is 57.5 Å². The van der Waals surface area contributed by atoms with Crippen molar-refractivity contribution in [3.8, 4) is 17.2 Å². The first-order chi connectivity index (χ1) is 18.2. The molecule has 1 atom stereocenters. The second-order valence-corrected chi connectivity index (χ2v) is 10.2. The number of aromatic nitrogens is 1. The van der Waals surface area contributed by atoms with Crippen molar-refractivity contribution in [1.82, 2.24) is 4.57 Å². The minimum absolute atomic E-state index is 0.291. The molecule has 10 heteroatoms. The molecule has 0 bridgehead atoms. The van der Waals surface area contributed by atoms with Crippen LogP contribution < -0.4 is 29.1 Å². The number of ether oxygens (including phenoxy) is 4. The number of thiazole rings is 1. The summed E-state index contributed by atoms with van der Waals surface area (Å²) in [5, 5.41) is 0.354. The molecular weight excluding hydrogens is 528 g/mol. The smallest absolute Gasteiger partial charge is 0.338 e. The molecular formula is C28H29ClN2O6S. The monoisotopic (exact) mass is 556 g/mol. The van der Waals surface area contributed by atoms with E-state index in [1.807, 2.05) is 31.2 Å². The Kier molecular flexibility index (Phi) is 8.28. The SMILES string of the molecule is CCOc1ccc([C@@H]2C(C(=O)OC(C)C)=C(C)N=c3s/c(=C/c4cc(Cl)c(OC)c(OC)c4)c(=O)n32)cc1. The Labute approximate surface area is 229 Å². The second-order valence-electron chi connectivity index (χ2n) is 8.78. The van der Waals surface area contributed by atoms with Gasteiger partial charge in [-0.1, -0.05) is 35.1 Å². The standard InChI is InChI=1S/C28H29ClN2O6S/c1-7-36-19-10-8-18(9-11-19)24-23(27(33)37-15(2)3)16(4)30-28-31(24)26(32)22(38-28)14-17-12-20(29)25(35-6)21(13-17)34-5/h8-15,24H,7H2,1-6H3/b22-14+/t24-/m1/s1. The molecule has 38 heavy (non-hydrogen) atoms. The summed E-state index contributed by atoms with van der Waals surface area (Å²) in [5.74, 6) is 1.04. The summed E-state index contributed by atoms with van der Waals surface area (Å²) in [4.78, 5) is 32.2. The van der Waals surface area contributed by atoms with Gasteiger partial charge < -0.3 is 18.9 Å². The largest absolute Gasteiger partial charge is 0.494 e. The number of allylic oxidation sites excluding steroid dienone is 1. The van der Waals surface area contributed by atoms with Gasteiger partial charge in [0.1, 0.15) is 5.75 Å². The molecule has 0 spiro atoms. The first-order valence-corrected chi connectivity index (χ1v) is 13.3. The average Bonchev–Trinajstić information content (AvgIpc) is 3.17. The minimum atomic E-state index is -0.718. The van der Waals surface area contributed by atoms with Gasteiger partial charge in [-0.2, -0.15) is 0 Å². The van der Waals surface area contributed by atoms with Gasteiger partial charge in [-0.05, 0) is 69.2 Å². The third-order valence-corrected chi connectivity index (χ3v) is 7.11. The number of carbonyl (C=O) groups is 1. The topological polar surface area (TPSA) is 88.4 Å². The van der Waals surface area contributed by atoms with Crippen LogP contribution in [0, 0.1) is 0 Å². The number of hydrogen-bond acceptors (Lipinski definition) is 8. The van der Waals surface area contributed by atoms with Gasteiger partial charge in [-0.25, -0.2) is 9.79 Å². The highest BCUT2D eigenvalue weighted by Crippen LogP contribution is 2.36. The molecule has 4 rings (SSSR count). The van der Waals surface area contributed by atoms with E-state index in [0.29, 0.717) is 55.0 Å². The van der Waals surface area contributed by atoms with Crippen LogP contribution >= 0.6 is 22.9 Å². The quantitative estimate of drug-likeness (QED) is 0.385. The van der Waals surface area contributed by atoms with Gasteiger partial charge in [0.25, 0.3) is 5.56 Å². The molecule has 0 unspecified atom stereocenters. The van der Waals surface area contributed by atoms with Crippen LogP contribution in [-0.4, -0.2) is 37.5 Å². The molecule has 0 saturated heterocycles. The van der Waals surface area contributed by atoms with Crippen molar-refractivity contribution in [3.05, 3.63) is 83.5 Å². The summed E-state index contributed by atoms with van der Waals surface area (Å²) >= 11 is 7.61. The Hall–Kier alpha value is -3.56. The molecule has 0 N–H and O–H groups in total. The molecule has 0 amide bonds. The molecule has 1 aliphatic heterocycles. The predicted octanol–water partition coefficient (Wildman–Crippen LogP) is 4.26. The molecule has 0 aliphatic carbocycles. The molecule has 0 saturated carbocycles. The van der Waals surface area contributed by atoms with E-state index in [1.54, 1.807) is 43.5 Å². The number of halogens is 1. The Bertz CT molecular complexity index is 1570. The zero-order valence-electron chi connectivity index (χ0n) is 22.0. The highest BCUT2D eigenvalue weighted by Gasteiger charge is 2.33. The maximum atomic E-state index is 13.8. The van der Waals surface area contributed by atoms with E-state index in [1.165, 1.54) is 25.6 Å². The van der Waals surface area contributed by atoms with E-state index < -0.39 is 12.0 Å². The van der Waals surface area contributed by atoms with Gasteiger partial charge in [0.2, 0.25) is 0 Å². The lowest BCUT2D eigenvalue weighted by Gasteiger charge is -2.25. The molecule has 3 aromatic rings. The van der Waals surface area contributed by atoms with Crippen molar-refractivity contribution in [1.29, 1.82) is 0 Å². The molecule has 0 radical (unpaired) electrons. The third kappa shape index (κ3) is 5.35. The summed E-state index contributed by atoms with van der Waals surface area (Å²) in [6.45, 7) is 7.75. The number of rotatable bonds is 8. The van der Waals surface area contributed by atoms with Crippen LogP contribution in [0.2, 0.25) is 5.02 Å². The average molecular weight is 557 g/mol. The molecule has 1 aliphatic rings. The molecule has 200 valence electrons. The van der Waals surface area contributed by atoms with Gasteiger partial charge in [-0.3, -0.25) is 9.36 Å². The fourth-order valence-electron chi connectivity index (χ4n) is 4.26. The third-order valence-electron chi connectivity index (χ3n) is 5.84. The summed E-state index contributed by atoms with van der Waals surface area (Å²) < 4.78 is 23.8. The fraction of sp³-hybridized carbons (Fsp3) is 0.321. The summed E-state index contributed by atoms with van der Waals surface area (Å²) in [6, 6.07) is 10.1. The van der Waals surface area contributed by atoms with Gasteiger partial charge in [0, 0.05) is 0 Å². The first-order valence-electron chi connectivity index (χ1n) is 12.1. The predicted molar refractivity (Wildman–Crippen MR) is 147 cm³/mol. The van der Waals surface area contributed by atoms with E-state index in [0.717, 1.165) is 5.56 Å². The van der Waals surface area contributed by atoms with E-state index >= 15 is 0 Å². The van der Waals surface area contributed by atoms with Crippen molar-refractivity contribution in [3.63, 3.8) is 0 Å². The number of carbonyl (C=O) groups excluding carboxylic acids is 1. The zero-order chi connectivity index (χ0) is 27.6. The number of fused-ring (bicyclic) bond motifs is 1. The molecule has 2 heterocycles. The normalized spacial score (nSPS) is 15.3. The maximum absolute atomic E-state index is 13.8. The zero-order valence-corrected chi connectivity index (χ0v) is 23.6. The first kappa shape index (κ1) is 27.5. The van der Waals surface area contributed by atoms with Crippen LogP contribution in [0.5, 0.6) is 17.2 Å². The van der Waals surface area contributed by atoms with Crippen LogP contribution in [-0.2, 0) is 9.53 Å². The minimum Gasteiger partial charge on any atom is -0.494 e. The lowest BCUT2D eigenvalue weighted by atomic mass is 9.96. The Morgan fingerprint density at radius 2 is 1.89 bits per heavy atom. The van der Waals surface area contributed by atoms with Gasteiger partial charge in [0.05, 0.1) is 53.8 Å². The van der Waals surface area contributed by atoms with Crippen molar-refractivity contribution < 1.29 is 23.7 Å².